The van der Waals surface area contributed by atoms with Crippen LogP contribution in [0.2, 0.25) is 0 Å². The summed E-state index contributed by atoms with van der Waals surface area (Å²) in [4.78, 5) is 0. The molecular formula is C23H40O2. The molecule has 25 heavy (non-hydrogen) atoms. The molecule has 3 fully saturated rings. The summed E-state index contributed by atoms with van der Waals surface area (Å²) in [5.41, 5.74) is 1.85. The summed E-state index contributed by atoms with van der Waals surface area (Å²) in [6, 6.07) is 0. The summed E-state index contributed by atoms with van der Waals surface area (Å²) in [7, 11) is 0. The molecule has 2 heteroatoms. The molecule has 3 saturated carbocycles. The molecule has 2 nitrogen and oxygen atoms in total. The molecule has 0 saturated heterocycles. The molecule has 0 aromatic heterocycles. The van der Waals surface area contributed by atoms with Gasteiger partial charge in [-0.25, -0.2) is 0 Å². The van der Waals surface area contributed by atoms with Gasteiger partial charge in [-0.2, -0.15) is 0 Å². The predicted molar refractivity (Wildman–Crippen MR) is 104 cm³/mol. The van der Waals surface area contributed by atoms with Crippen LogP contribution in [0.25, 0.3) is 0 Å². The zero-order valence-electron chi connectivity index (χ0n) is 16.9. The molecular weight excluding hydrogens is 308 g/mol. The third-order valence-electron chi connectivity index (χ3n) is 9.11. The lowest BCUT2D eigenvalue weighted by molar-refractivity contribution is -0.103. The van der Waals surface area contributed by atoms with Crippen molar-refractivity contribution < 1.29 is 10.2 Å². The highest BCUT2D eigenvalue weighted by Crippen LogP contribution is 2.64. The van der Waals surface area contributed by atoms with Crippen LogP contribution in [-0.4, -0.2) is 23.4 Å². The molecule has 0 heterocycles. The number of rotatable bonds is 4. The minimum atomic E-state index is 0.192. The summed E-state index contributed by atoms with van der Waals surface area (Å²) in [5.74, 6) is 3.33. The van der Waals surface area contributed by atoms with Gasteiger partial charge in [0.2, 0.25) is 0 Å². The highest BCUT2D eigenvalue weighted by atomic mass is 16.3. The lowest BCUT2D eigenvalue weighted by Crippen LogP contribution is -2.52. The first-order chi connectivity index (χ1) is 11.8. The second kappa shape index (κ2) is 7.00. The van der Waals surface area contributed by atoms with Crippen molar-refractivity contribution in [2.75, 3.05) is 13.2 Å². The molecule has 0 spiro atoms. The van der Waals surface area contributed by atoms with E-state index in [1.165, 1.54) is 44.1 Å². The van der Waals surface area contributed by atoms with Crippen LogP contribution in [0.15, 0.2) is 12.2 Å². The van der Waals surface area contributed by atoms with Gasteiger partial charge in [-0.1, -0.05) is 39.3 Å². The molecule has 3 aliphatic rings. The fraction of sp³-hybridized carbons (Fsp3) is 0.913. The minimum absolute atomic E-state index is 0.192. The van der Waals surface area contributed by atoms with Gasteiger partial charge >= 0.3 is 0 Å². The Kier molecular flexibility index (Phi) is 5.44. The Bertz CT molecular complexity index is 500. The molecule has 3 rings (SSSR count). The number of hydrogen-bond acceptors (Lipinski definition) is 2. The van der Waals surface area contributed by atoms with Crippen molar-refractivity contribution in [1.82, 2.24) is 0 Å². The second-order valence-electron chi connectivity index (χ2n) is 10.3. The molecule has 8 atom stereocenters. The minimum Gasteiger partial charge on any atom is -0.396 e. The van der Waals surface area contributed by atoms with Gasteiger partial charge in [-0.05, 0) is 91.8 Å². The van der Waals surface area contributed by atoms with Crippen LogP contribution in [-0.2, 0) is 0 Å². The summed E-state index contributed by atoms with van der Waals surface area (Å²) in [6.07, 6.45) is 8.61. The van der Waals surface area contributed by atoms with Crippen molar-refractivity contribution in [1.29, 1.82) is 0 Å². The fourth-order valence-electron chi connectivity index (χ4n) is 7.58. The van der Waals surface area contributed by atoms with Gasteiger partial charge in [0.15, 0.2) is 0 Å². The van der Waals surface area contributed by atoms with Crippen molar-refractivity contribution >= 4 is 0 Å². The van der Waals surface area contributed by atoms with Crippen LogP contribution in [0.3, 0.4) is 0 Å². The van der Waals surface area contributed by atoms with Crippen molar-refractivity contribution in [2.24, 2.45) is 46.3 Å². The normalized spacial score (nSPS) is 50.5. The van der Waals surface area contributed by atoms with Gasteiger partial charge in [0.1, 0.15) is 0 Å². The van der Waals surface area contributed by atoms with Crippen molar-refractivity contribution in [2.45, 2.75) is 72.6 Å². The van der Waals surface area contributed by atoms with Crippen LogP contribution < -0.4 is 0 Å². The lowest BCUT2D eigenvalue weighted by atomic mass is 9.48. The molecule has 0 aromatic rings. The van der Waals surface area contributed by atoms with E-state index < -0.39 is 0 Å². The average molecular weight is 349 g/mol. The highest BCUT2D eigenvalue weighted by molar-refractivity contribution is 5.14. The van der Waals surface area contributed by atoms with Crippen molar-refractivity contribution in [3.8, 4) is 0 Å². The van der Waals surface area contributed by atoms with E-state index in [0.717, 1.165) is 12.3 Å². The largest absolute Gasteiger partial charge is 0.396 e. The highest BCUT2D eigenvalue weighted by Gasteiger charge is 2.58. The number of aliphatic hydroxyl groups is 2. The summed E-state index contributed by atoms with van der Waals surface area (Å²) in [6.45, 7) is 14.3. The fourth-order valence-corrected chi connectivity index (χ4v) is 7.58. The summed E-state index contributed by atoms with van der Waals surface area (Å²) < 4.78 is 0. The molecule has 0 amide bonds. The maximum absolute atomic E-state index is 10.4. The Hall–Kier alpha value is -0.340. The number of fused-ring (bicyclic) bond motifs is 1. The van der Waals surface area contributed by atoms with E-state index in [1.807, 2.05) is 0 Å². The molecule has 3 aliphatic carbocycles. The maximum atomic E-state index is 10.4. The molecule has 0 bridgehead atoms. The van der Waals surface area contributed by atoms with Crippen LogP contribution in [0.4, 0.5) is 0 Å². The smallest absolute Gasteiger partial charge is 0.0464 e. The van der Waals surface area contributed by atoms with Gasteiger partial charge in [-0.15, -0.1) is 0 Å². The molecule has 144 valence electrons. The van der Waals surface area contributed by atoms with E-state index in [9.17, 15) is 10.2 Å². The van der Waals surface area contributed by atoms with E-state index in [4.69, 9.17) is 0 Å². The van der Waals surface area contributed by atoms with E-state index in [-0.39, 0.29) is 5.41 Å². The Morgan fingerprint density at radius 2 is 1.60 bits per heavy atom. The van der Waals surface area contributed by atoms with Crippen LogP contribution in [0.5, 0.6) is 0 Å². The van der Waals surface area contributed by atoms with Crippen molar-refractivity contribution in [3.05, 3.63) is 12.2 Å². The third-order valence-corrected chi connectivity index (χ3v) is 9.11. The van der Waals surface area contributed by atoms with Crippen LogP contribution in [0, 0.1) is 46.3 Å². The number of hydrogen-bond donors (Lipinski definition) is 2. The van der Waals surface area contributed by atoms with Gasteiger partial charge in [0, 0.05) is 13.2 Å². The summed E-state index contributed by atoms with van der Waals surface area (Å²) in [5, 5.41) is 20.5. The average Bonchev–Trinajstić information content (AvgIpc) is 2.93. The topological polar surface area (TPSA) is 40.5 Å². The van der Waals surface area contributed by atoms with Crippen LogP contribution >= 0.6 is 0 Å². The molecule has 0 aromatic carbocycles. The quantitative estimate of drug-likeness (QED) is 0.698. The zero-order valence-corrected chi connectivity index (χ0v) is 16.9. The van der Waals surface area contributed by atoms with Gasteiger partial charge in [0.25, 0.3) is 0 Å². The molecule has 2 N–H and O–H groups in total. The monoisotopic (exact) mass is 348 g/mol. The predicted octanol–water partition coefficient (Wildman–Crippen LogP) is 5.05. The lowest BCUT2D eigenvalue weighted by Gasteiger charge is -2.57. The Balaban J connectivity index is 1.88. The third kappa shape index (κ3) is 3.02. The first-order valence-electron chi connectivity index (χ1n) is 10.6. The zero-order chi connectivity index (χ0) is 18.4. The van der Waals surface area contributed by atoms with Gasteiger partial charge < -0.3 is 10.2 Å². The van der Waals surface area contributed by atoms with E-state index in [0.29, 0.717) is 48.2 Å². The SMILES string of the molecule is C=C(C)[C@H]1CCC2[C@H](CO)C([C@@]3(C)CC[C@H](C)C[C@@H]3CO)CC[C@@]21C. The van der Waals surface area contributed by atoms with Crippen LogP contribution in [0.1, 0.15) is 72.6 Å². The maximum Gasteiger partial charge on any atom is 0.0464 e. The Morgan fingerprint density at radius 3 is 2.20 bits per heavy atom. The Morgan fingerprint density at radius 1 is 0.960 bits per heavy atom. The molecule has 0 aliphatic heterocycles. The van der Waals surface area contributed by atoms with Crippen molar-refractivity contribution in [3.63, 3.8) is 0 Å². The molecule has 0 radical (unpaired) electrons. The summed E-state index contributed by atoms with van der Waals surface area (Å²) >= 11 is 0. The second-order valence-corrected chi connectivity index (χ2v) is 10.3. The standard InChI is InChI=1S/C23H40O2/c1-15(2)19-6-7-20-18(14-25)21(9-11-23(19,20)5)22(4)10-8-16(3)12-17(22)13-24/h16-21,24-25H,1,6-14H2,2-5H3/t16-,17+,18-,19+,20?,21?,22-,23+/m0/s1. The first-order valence-corrected chi connectivity index (χ1v) is 10.6. The Labute approximate surface area is 155 Å². The number of allylic oxidation sites excluding steroid dienone is 1. The van der Waals surface area contributed by atoms with E-state index in [1.54, 1.807) is 0 Å². The van der Waals surface area contributed by atoms with Gasteiger partial charge in [-0.3, -0.25) is 0 Å². The van der Waals surface area contributed by atoms with E-state index >= 15 is 0 Å². The van der Waals surface area contributed by atoms with E-state index in [2.05, 4.69) is 34.3 Å². The molecule has 2 unspecified atom stereocenters. The first kappa shape index (κ1) is 19.4. The number of aliphatic hydroxyl groups excluding tert-OH is 2. The van der Waals surface area contributed by atoms with Gasteiger partial charge in [0.05, 0.1) is 0 Å².